The van der Waals surface area contributed by atoms with Crippen molar-refractivity contribution < 1.29 is 0 Å². The third-order valence-corrected chi connectivity index (χ3v) is 18.7. The number of benzene rings is 2. The van der Waals surface area contributed by atoms with Crippen LogP contribution < -0.4 is 0 Å². The highest BCUT2D eigenvalue weighted by Gasteiger charge is 2.69. The van der Waals surface area contributed by atoms with E-state index in [-0.39, 0.29) is 16.2 Å². The molecule has 300 valence electrons. The summed E-state index contributed by atoms with van der Waals surface area (Å²) in [4.78, 5) is 0. The number of hydrogen-bond acceptors (Lipinski definition) is 0. The minimum absolute atomic E-state index is 0.0649. The fraction of sp³-hybridized carbons (Fsp3) is 0.344. The largest absolute Gasteiger partial charge is 0.0836 e. The van der Waals surface area contributed by atoms with Crippen LogP contribution in [0.2, 0.25) is 0 Å². The van der Waals surface area contributed by atoms with Gasteiger partial charge in [-0.2, -0.15) is 0 Å². The highest BCUT2D eigenvalue weighted by atomic mass is 14.7. The molecule has 7 unspecified atom stereocenters. The minimum Gasteiger partial charge on any atom is -0.0836 e. The van der Waals surface area contributed by atoms with Crippen molar-refractivity contribution in [2.24, 2.45) is 46.8 Å². The molecule has 0 aromatic heterocycles. The zero-order chi connectivity index (χ0) is 40.6. The van der Waals surface area contributed by atoms with E-state index in [9.17, 15) is 0 Å². The lowest BCUT2D eigenvalue weighted by Gasteiger charge is -2.48. The third kappa shape index (κ3) is 4.33. The Morgan fingerprint density at radius 2 is 1.26 bits per heavy atom. The Kier molecular flexibility index (Phi) is 6.98. The summed E-state index contributed by atoms with van der Waals surface area (Å²) in [6, 6.07) is 18.5. The average Bonchev–Trinajstić information content (AvgIpc) is 3.93. The molecule has 14 rings (SSSR count). The van der Waals surface area contributed by atoms with Crippen molar-refractivity contribution in [3.8, 4) is 0 Å². The molecule has 0 heteroatoms. The van der Waals surface area contributed by atoms with Crippen molar-refractivity contribution in [3.05, 3.63) is 223 Å². The Labute approximate surface area is 363 Å². The lowest BCUT2D eigenvalue weighted by Crippen LogP contribution is -2.43. The maximum Gasteiger partial charge on any atom is 0.0155 e. The van der Waals surface area contributed by atoms with E-state index in [1.807, 2.05) is 0 Å². The number of rotatable bonds is 2. The van der Waals surface area contributed by atoms with Gasteiger partial charge in [0.2, 0.25) is 0 Å². The second kappa shape index (κ2) is 12.0. The molecule has 0 bridgehead atoms. The van der Waals surface area contributed by atoms with E-state index >= 15 is 0 Å². The van der Waals surface area contributed by atoms with Crippen LogP contribution in [0.1, 0.15) is 94.9 Å². The lowest BCUT2D eigenvalue weighted by molar-refractivity contribution is 0.0519. The summed E-state index contributed by atoms with van der Waals surface area (Å²) < 4.78 is 0. The molecule has 0 N–H and O–H groups in total. The molecule has 0 nitrogen and oxygen atoms in total. The molecule has 0 saturated heterocycles. The quantitative estimate of drug-likeness (QED) is 0.284. The smallest absolute Gasteiger partial charge is 0.0155 e. The molecule has 2 saturated carbocycles. The van der Waals surface area contributed by atoms with E-state index in [4.69, 9.17) is 0 Å². The van der Waals surface area contributed by atoms with Crippen molar-refractivity contribution >= 4 is 11.1 Å². The SMILES string of the molecule is CC1(C)C2=C(CC(C3=CCC4C(=C3)C3=CC=C(C5=CC6=C(CC5)C(C)(C)c5ccccc56)CC3C43C4CC=CC5=C4C4=C(C=CCC43)C3C=CC=CC53)C=C2)c2ccccc21. The Hall–Kier alpha value is -5.20. The molecule has 0 heterocycles. The molecule has 0 radical (unpaired) electrons. The first-order valence-electron chi connectivity index (χ1n) is 23.8. The van der Waals surface area contributed by atoms with Crippen LogP contribution in [0, 0.1) is 46.8 Å². The molecule has 2 aromatic rings. The summed E-state index contributed by atoms with van der Waals surface area (Å²) in [5, 5.41) is 0. The van der Waals surface area contributed by atoms with Crippen molar-refractivity contribution in [1.82, 2.24) is 0 Å². The second-order valence-electron chi connectivity index (χ2n) is 21.6. The van der Waals surface area contributed by atoms with Crippen molar-refractivity contribution in [3.63, 3.8) is 0 Å². The number of fused-ring (bicyclic) bond motifs is 14. The molecule has 1 spiro atoms. The average molecular weight is 789 g/mol. The Bertz CT molecular complexity index is 2850. The number of allylic oxidation sites excluding steroid dienone is 28. The van der Waals surface area contributed by atoms with Crippen LogP contribution in [0.15, 0.2) is 201 Å². The predicted molar refractivity (Wildman–Crippen MR) is 252 cm³/mol. The summed E-state index contributed by atoms with van der Waals surface area (Å²) in [7, 11) is 0. The van der Waals surface area contributed by atoms with Gasteiger partial charge in [0.1, 0.15) is 0 Å². The van der Waals surface area contributed by atoms with Gasteiger partial charge in [0, 0.05) is 28.6 Å². The molecule has 2 aromatic carbocycles. The first-order chi connectivity index (χ1) is 29.8. The minimum atomic E-state index is 0.0649. The number of hydrogen-bond donors (Lipinski definition) is 0. The van der Waals surface area contributed by atoms with Gasteiger partial charge < -0.3 is 0 Å². The van der Waals surface area contributed by atoms with E-state index in [1.54, 1.807) is 61.3 Å². The summed E-state index contributed by atoms with van der Waals surface area (Å²) in [5.74, 6) is 3.47. The van der Waals surface area contributed by atoms with E-state index in [0.29, 0.717) is 41.4 Å². The molecule has 12 aliphatic carbocycles. The Morgan fingerprint density at radius 1 is 0.574 bits per heavy atom. The first kappa shape index (κ1) is 35.4. The van der Waals surface area contributed by atoms with Crippen LogP contribution in [-0.4, -0.2) is 0 Å². The van der Waals surface area contributed by atoms with Crippen molar-refractivity contribution in [2.45, 2.75) is 83.5 Å². The molecule has 0 aliphatic heterocycles. The molecular weight excluding hydrogens is 733 g/mol. The van der Waals surface area contributed by atoms with E-state index in [0.717, 1.165) is 25.7 Å². The zero-order valence-electron chi connectivity index (χ0n) is 36.3. The van der Waals surface area contributed by atoms with Gasteiger partial charge in [0.05, 0.1) is 0 Å². The normalized spacial score (nSPS) is 35.5. The van der Waals surface area contributed by atoms with E-state index in [1.165, 1.54) is 52.7 Å². The third-order valence-electron chi connectivity index (χ3n) is 18.7. The fourth-order valence-corrected chi connectivity index (χ4v) is 16.2. The highest BCUT2D eigenvalue weighted by Crippen LogP contribution is 2.77. The maximum absolute atomic E-state index is 2.76. The van der Waals surface area contributed by atoms with Gasteiger partial charge >= 0.3 is 0 Å². The topological polar surface area (TPSA) is 0 Å². The van der Waals surface area contributed by atoms with Crippen LogP contribution in [0.5, 0.6) is 0 Å². The van der Waals surface area contributed by atoms with Crippen LogP contribution in [0.25, 0.3) is 11.1 Å². The monoisotopic (exact) mass is 788 g/mol. The van der Waals surface area contributed by atoms with Crippen LogP contribution in [-0.2, 0) is 10.8 Å². The van der Waals surface area contributed by atoms with Gasteiger partial charge in [-0.3, -0.25) is 0 Å². The second-order valence-corrected chi connectivity index (χ2v) is 21.6. The van der Waals surface area contributed by atoms with Gasteiger partial charge in [-0.05, 0) is 163 Å². The van der Waals surface area contributed by atoms with Crippen LogP contribution >= 0.6 is 0 Å². The molecule has 12 aliphatic rings. The maximum atomic E-state index is 2.76. The highest BCUT2D eigenvalue weighted by molar-refractivity contribution is 5.88. The predicted octanol–water partition coefficient (Wildman–Crippen LogP) is 14.6. The molecule has 7 atom stereocenters. The van der Waals surface area contributed by atoms with Crippen molar-refractivity contribution in [1.29, 1.82) is 0 Å². The summed E-state index contributed by atoms with van der Waals surface area (Å²) >= 11 is 0. The van der Waals surface area contributed by atoms with Crippen LogP contribution in [0.4, 0.5) is 0 Å². The van der Waals surface area contributed by atoms with Gasteiger partial charge in [0.25, 0.3) is 0 Å². The van der Waals surface area contributed by atoms with Gasteiger partial charge in [-0.25, -0.2) is 0 Å². The zero-order valence-corrected chi connectivity index (χ0v) is 36.3. The van der Waals surface area contributed by atoms with Crippen LogP contribution in [0.3, 0.4) is 0 Å². The Balaban J connectivity index is 0.914. The van der Waals surface area contributed by atoms with Gasteiger partial charge in [0.15, 0.2) is 0 Å². The summed E-state index contributed by atoms with van der Waals surface area (Å²) in [5.41, 5.74) is 27.5. The van der Waals surface area contributed by atoms with Gasteiger partial charge in [-0.15, -0.1) is 0 Å². The molecular formula is C61H56. The Morgan fingerprint density at radius 3 is 2.00 bits per heavy atom. The van der Waals surface area contributed by atoms with E-state index in [2.05, 4.69) is 167 Å². The fourth-order valence-electron chi connectivity index (χ4n) is 16.2. The standard InChI is InChI=1S/C61H56/c1-59(2)49-19-9-7-15-41(49)46-31-35(24-28-51(46)59)36-26-30-53-48(33-36)43-27-23-38(37-25-29-52-47(32-37)42-16-8-10-20-50(42)60(52,3)4)34-56(43)61(53)54-21-11-17-44-39-13-5-6-14-40(39)45-18-12-22-55(61)58(45)57(44)54/h5-20,23-24,26-28,32-33,35,39-40,53-56H,21-22,25,29-31,34H2,1-4H3. The van der Waals surface area contributed by atoms with E-state index < -0.39 is 0 Å². The molecule has 0 amide bonds. The van der Waals surface area contributed by atoms with Crippen molar-refractivity contribution in [2.75, 3.05) is 0 Å². The van der Waals surface area contributed by atoms with Gasteiger partial charge in [-0.1, -0.05) is 173 Å². The first-order valence-corrected chi connectivity index (χ1v) is 23.8. The molecule has 61 heavy (non-hydrogen) atoms. The summed E-state index contributed by atoms with van der Waals surface area (Å²) in [6.07, 6.45) is 46.6. The summed E-state index contributed by atoms with van der Waals surface area (Å²) in [6.45, 7) is 9.77. The molecule has 2 fully saturated rings. The lowest BCUT2D eigenvalue weighted by atomic mass is 9.55.